The van der Waals surface area contributed by atoms with Crippen molar-refractivity contribution < 1.29 is 22.8 Å². The molecule has 2 N–H and O–H groups in total. The van der Waals surface area contributed by atoms with Crippen LogP contribution >= 0.6 is 22.9 Å². The van der Waals surface area contributed by atoms with Crippen LogP contribution in [0.25, 0.3) is 0 Å². The van der Waals surface area contributed by atoms with Crippen molar-refractivity contribution in [3.05, 3.63) is 39.9 Å². The average Bonchev–Trinajstić information content (AvgIpc) is 2.87. The number of aromatic nitrogens is 2. The standard InChI is InChI=1S/C11H6ClF3N4O2S/c12-6-4-2-1-3-5(6)7(20)16-9(21)17-10-19-18-8(22-10)11(13,14)15/h1-4H,(H2,16,17,19,20,21). The topological polar surface area (TPSA) is 84.0 Å². The zero-order chi connectivity index (χ0) is 16.3. The fourth-order valence-electron chi connectivity index (χ4n) is 1.33. The molecule has 0 bridgehead atoms. The van der Waals surface area contributed by atoms with Crippen molar-refractivity contribution >= 4 is 40.0 Å². The zero-order valence-corrected chi connectivity index (χ0v) is 12.0. The van der Waals surface area contributed by atoms with Crippen molar-refractivity contribution in [2.24, 2.45) is 0 Å². The first kappa shape index (κ1) is 16.2. The highest BCUT2D eigenvalue weighted by Gasteiger charge is 2.35. The maximum Gasteiger partial charge on any atom is 0.445 e. The molecule has 0 saturated heterocycles. The van der Waals surface area contributed by atoms with Gasteiger partial charge in [-0.3, -0.25) is 15.4 Å². The molecule has 0 spiro atoms. The Bertz CT molecular complexity index is 719. The molecule has 1 heterocycles. The molecular weight excluding hydrogens is 345 g/mol. The van der Waals surface area contributed by atoms with Crippen LogP contribution in [0.2, 0.25) is 5.02 Å². The van der Waals surface area contributed by atoms with E-state index in [4.69, 9.17) is 11.6 Å². The van der Waals surface area contributed by atoms with Crippen LogP contribution in [0.4, 0.5) is 23.1 Å². The second-order valence-corrected chi connectivity index (χ2v) is 5.18. The maximum absolute atomic E-state index is 12.3. The summed E-state index contributed by atoms with van der Waals surface area (Å²) in [4.78, 5) is 23.3. The molecule has 1 aromatic carbocycles. The number of rotatable bonds is 2. The van der Waals surface area contributed by atoms with Gasteiger partial charge < -0.3 is 0 Å². The Morgan fingerprint density at radius 1 is 1.18 bits per heavy atom. The second-order valence-electron chi connectivity index (χ2n) is 3.80. The number of imide groups is 1. The zero-order valence-electron chi connectivity index (χ0n) is 10.4. The molecule has 1 aromatic heterocycles. The number of halogens is 4. The quantitative estimate of drug-likeness (QED) is 0.871. The summed E-state index contributed by atoms with van der Waals surface area (Å²) in [7, 11) is 0. The molecule has 0 aliphatic rings. The van der Waals surface area contributed by atoms with E-state index in [2.05, 4.69) is 10.2 Å². The molecule has 0 radical (unpaired) electrons. The number of carbonyl (C=O) groups excluding carboxylic acids is 2. The van der Waals surface area contributed by atoms with Crippen molar-refractivity contribution in [3.8, 4) is 0 Å². The number of nitrogens with zero attached hydrogens (tertiary/aromatic N) is 2. The summed E-state index contributed by atoms with van der Waals surface area (Å²) in [5.74, 6) is -0.802. The molecule has 0 unspecified atom stereocenters. The summed E-state index contributed by atoms with van der Waals surface area (Å²) >= 11 is 5.92. The van der Waals surface area contributed by atoms with E-state index in [1.165, 1.54) is 12.1 Å². The van der Waals surface area contributed by atoms with Crippen LogP contribution in [0.5, 0.6) is 0 Å². The van der Waals surface area contributed by atoms with Crippen LogP contribution in [-0.2, 0) is 6.18 Å². The molecule has 2 aromatic rings. The number of benzene rings is 1. The molecule has 0 aliphatic carbocycles. The Morgan fingerprint density at radius 3 is 2.45 bits per heavy atom. The molecule has 0 saturated carbocycles. The van der Waals surface area contributed by atoms with E-state index in [9.17, 15) is 22.8 Å². The van der Waals surface area contributed by atoms with E-state index < -0.39 is 28.3 Å². The minimum Gasteiger partial charge on any atom is -0.282 e. The highest BCUT2D eigenvalue weighted by atomic mass is 35.5. The summed E-state index contributed by atoms with van der Waals surface area (Å²) < 4.78 is 37.0. The van der Waals surface area contributed by atoms with Gasteiger partial charge in [0.25, 0.3) is 5.91 Å². The average molecular weight is 351 g/mol. The first-order valence-electron chi connectivity index (χ1n) is 5.55. The first-order chi connectivity index (χ1) is 10.3. The number of anilines is 1. The van der Waals surface area contributed by atoms with Gasteiger partial charge in [-0.2, -0.15) is 13.2 Å². The van der Waals surface area contributed by atoms with Gasteiger partial charge in [0, 0.05) is 0 Å². The van der Waals surface area contributed by atoms with Crippen LogP contribution in [0.15, 0.2) is 24.3 Å². The first-order valence-corrected chi connectivity index (χ1v) is 6.74. The number of urea groups is 1. The van der Waals surface area contributed by atoms with Gasteiger partial charge in [0.05, 0.1) is 10.6 Å². The SMILES string of the molecule is O=C(NC(=O)c1ccccc1Cl)Nc1nnc(C(F)(F)F)s1. The summed E-state index contributed by atoms with van der Waals surface area (Å²) in [6.07, 6.45) is -4.65. The Hall–Kier alpha value is -2.20. The fraction of sp³-hybridized carbons (Fsp3) is 0.0909. The van der Waals surface area contributed by atoms with Crippen LogP contribution in [0, 0.1) is 0 Å². The number of carbonyl (C=O) groups is 2. The minimum atomic E-state index is -4.65. The summed E-state index contributed by atoms with van der Waals surface area (Å²) in [5.41, 5.74) is 0.0487. The Kier molecular flexibility index (Phi) is 4.62. The molecule has 116 valence electrons. The molecule has 0 aliphatic heterocycles. The third-order valence-electron chi connectivity index (χ3n) is 2.23. The fourth-order valence-corrected chi connectivity index (χ4v) is 2.16. The van der Waals surface area contributed by atoms with Gasteiger partial charge >= 0.3 is 12.2 Å². The van der Waals surface area contributed by atoms with E-state index in [1.807, 2.05) is 10.6 Å². The van der Waals surface area contributed by atoms with E-state index in [0.717, 1.165) is 0 Å². The van der Waals surface area contributed by atoms with Crippen LogP contribution in [0.3, 0.4) is 0 Å². The molecule has 3 amide bonds. The Morgan fingerprint density at radius 2 is 1.86 bits per heavy atom. The van der Waals surface area contributed by atoms with Crippen molar-refractivity contribution in [2.45, 2.75) is 6.18 Å². The second kappa shape index (κ2) is 6.28. The van der Waals surface area contributed by atoms with Gasteiger partial charge in [0.2, 0.25) is 10.1 Å². The molecule has 2 rings (SSSR count). The number of hydrogen-bond acceptors (Lipinski definition) is 5. The molecular formula is C11H6ClF3N4O2S. The number of amides is 3. The van der Waals surface area contributed by atoms with Crippen LogP contribution in [0.1, 0.15) is 15.4 Å². The van der Waals surface area contributed by atoms with Gasteiger partial charge in [-0.1, -0.05) is 35.1 Å². The highest BCUT2D eigenvalue weighted by Crippen LogP contribution is 2.32. The monoisotopic (exact) mass is 350 g/mol. The van der Waals surface area contributed by atoms with Crippen molar-refractivity contribution in [1.29, 1.82) is 0 Å². The molecule has 22 heavy (non-hydrogen) atoms. The van der Waals surface area contributed by atoms with Gasteiger partial charge in [-0.25, -0.2) is 4.79 Å². The van der Waals surface area contributed by atoms with Crippen molar-refractivity contribution in [1.82, 2.24) is 15.5 Å². The maximum atomic E-state index is 12.3. The molecule has 6 nitrogen and oxygen atoms in total. The molecule has 0 atom stereocenters. The summed E-state index contributed by atoms with van der Waals surface area (Å²) in [6.45, 7) is 0. The van der Waals surface area contributed by atoms with Crippen molar-refractivity contribution in [3.63, 3.8) is 0 Å². The van der Waals surface area contributed by atoms with Crippen LogP contribution < -0.4 is 10.6 Å². The molecule has 0 fully saturated rings. The normalized spacial score (nSPS) is 11.1. The predicted molar refractivity (Wildman–Crippen MR) is 72.8 cm³/mol. The van der Waals surface area contributed by atoms with E-state index >= 15 is 0 Å². The Balaban J connectivity index is 2.00. The van der Waals surface area contributed by atoms with Gasteiger partial charge in [-0.15, -0.1) is 10.2 Å². The van der Waals surface area contributed by atoms with Crippen LogP contribution in [-0.4, -0.2) is 22.1 Å². The number of hydrogen-bond donors (Lipinski definition) is 2. The van der Waals surface area contributed by atoms with E-state index in [0.29, 0.717) is 0 Å². The van der Waals surface area contributed by atoms with E-state index in [-0.39, 0.29) is 21.9 Å². The number of alkyl halides is 3. The lowest BCUT2D eigenvalue weighted by Gasteiger charge is -2.05. The summed E-state index contributed by atoms with van der Waals surface area (Å²) in [5, 5.41) is 8.48. The predicted octanol–water partition coefficient (Wildman–Crippen LogP) is 3.17. The molecule has 11 heteroatoms. The number of nitrogens with one attached hydrogen (secondary N) is 2. The lowest BCUT2D eigenvalue weighted by molar-refractivity contribution is -0.138. The summed E-state index contributed by atoms with van der Waals surface area (Å²) in [6, 6.07) is 4.93. The minimum absolute atomic E-state index is 0.0487. The highest BCUT2D eigenvalue weighted by molar-refractivity contribution is 7.15. The third kappa shape index (κ3) is 3.92. The van der Waals surface area contributed by atoms with Gasteiger partial charge in [-0.05, 0) is 12.1 Å². The van der Waals surface area contributed by atoms with E-state index in [1.54, 1.807) is 12.1 Å². The lowest BCUT2D eigenvalue weighted by atomic mass is 10.2. The lowest BCUT2D eigenvalue weighted by Crippen LogP contribution is -2.34. The van der Waals surface area contributed by atoms with Gasteiger partial charge in [0.1, 0.15) is 0 Å². The third-order valence-corrected chi connectivity index (χ3v) is 3.45. The largest absolute Gasteiger partial charge is 0.445 e. The van der Waals surface area contributed by atoms with Gasteiger partial charge in [0.15, 0.2) is 0 Å². The van der Waals surface area contributed by atoms with Crippen molar-refractivity contribution in [2.75, 3.05) is 5.32 Å². The smallest absolute Gasteiger partial charge is 0.282 e. The Labute approximate surface area is 130 Å².